The van der Waals surface area contributed by atoms with E-state index in [1.54, 1.807) is 25.3 Å². The lowest BCUT2D eigenvalue weighted by Crippen LogP contribution is -2.50. The van der Waals surface area contributed by atoms with Gasteiger partial charge in [-0.05, 0) is 31.9 Å². The summed E-state index contributed by atoms with van der Waals surface area (Å²) in [6.45, 7) is 1.80. The molecule has 3 rings (SSSR count). The highest BCUT2D eigenvalue weighted by atomic mass is 16.3. The van der Waals surface area contributed by atoms with Gasteiger partial charge in [0.1, 0.15) is 12.6 Å². The van der Waals surface area contributed by atoms with Crippen LogP contribution in [-0.2, 0) is 0 Å². The maximum absolute atomic E-state index is 12.3. The molecule has 23 heavy (non-hydrogen) atoms. The number of carbonyl (C=O) groups excluding carboxylic acids is 1. The lowest BCUT2D eigenvalue weighted by molar-refractivity contribution is 0.0718. The Labute approximate surface area is 135 Å². The van der Waals surface area contributed by atoms with Crippen LogP contribution in [0.25, 0.3) is 10.9 Å². The summed E-state index contributed by atoms with van der Waals surface area (Å²) in [5.74, 6) is -0.217. The molecule has 1 aromatic heterocycles. The molecule has 0 saturated heterocycles. The van der Waals surface area contributed by atoms with Crippen LogP contribution in [0.3, 0.4) is 0 Å². The number of fused-ring (bicyclic) bond motifs is 1. The molecule has 0 radical (unpaired) electrons. The van der Waals surface area contributed by atoms with Gasteiger partial charge in [0.25, 0.3) is 5.91 Å². The van der Waals surface area contributed by atoms with Crippen molar-refractivity contribution in [2.75, 3.05) is 0 Å². The molecular formula is C17H22N4O2. The molecule has 1 saturated carbocycles. The number of hydrogen-bond acceptors (Lipinski definition) is 5. The maximum Gasteiger partial charge on any atom is 0.251 e. The average molecular weight is 314 g/mol. The molecule has 1 amide bonds. The van der Waals surface area contributed by atoms with Crippen molar-refractivity contribution >= 4 is 16.8 Å². The first-order chi connectivity index (χ1) is 11.1. The van der Waals surface area contributed by atoms with Gasteiger partial charge in [0.15, 0.2) is 0 Å². The van der Waals surface area contributed by atoms with Crippen molar-refractivity contribution in [2.24, 2.45) is 0 Å². The molecule has 2 aromatic rings. The van der Waals surface area contributed by atoms with E-state index < -0.39 is 6.23 Å². The van der Waals surface area contributed by atoms with Crippen LogP contribution in [0.5, 0.6) is 0 Å². The minimum absolute atomic E-state index is 0.217. The highest BCUT2D eigenvalue weighted by Gasteiger charge is 2.22. The Morgan fingerprint density at radius 1 is 1.35 bits per heavy atom. The van der Waals surface area contributed by atoms with E-state index in [0.717, 1.165) is 23.7 Å². The van der Waals surface area contributed by atoms with Crippen LogP contribution in [0.15, 0.2) is 30.7 Å². The van der Waals surface area contributed by atoms with Crippen LogP contribution in [0.2, 0.25) is 0 Å². The van der Waals surface area contributed by atoms with Gasteiger partial charge in [0.2, 0.25) is 0 Å². The fourth-order valence-electron chi connectivity index (χ4n) is 2.96. The normalized spacial score (nSPS) is 18.0. The van der Waals surface area contributed by atoms with Crippen LogP contribution in [0.1, 0.15) is 43.0 Å². The molecule has 0 bridgehead atoms. The average Bonchev–Trinajstić information content (AvgIpc) is 3.07. The second kappa shape index (κ2) is 7.02. The third-order valence-corrected chi connectivity index (χ3v) is 4.36. The molecule has 1 fully saturated rings. The van der Waals surface area contributed by atoms with Crippen LogP contribution in [-0.4, -0.2) is 39.3 Å². The Kier molecular flexibility index (Phi) is 4.83. The molecule has 1 aliphatic carbocycles. The van der Waals surface area contributed by atoms with E-state index in [2.05, 4.69) is 20.6 Å². The summed E-state index contributed by atoms with van der Waals surface area (Å²) in [5.41, 5.74) is 1.25. The molecule has 1 heterocycles. The predicted molar refractivity (Wildman–Crippen MR) is 87.9 cm³/mol. The fraction of sp³-hybridized carbons (Fsp3) is 0.471. The molecule has 0 aliphatic heterocycles. The third-order valence-electron chi connectivity index (χ3n) is 4.36. The zero-order valence-electron chi connectivity index (χ0n) is 13.2. The number of aliphatic hydroxyl groups excluding tert-OH is 1. The van der Waals surface area contributed by atoms with Gasteiger partial charge >= 0.3 is 0 Å². The van der Waals surface area contributed by atoms with Gasteiger partial charge in [-0.25, -0.2) is 9.97 Å². The van der Waals surface area contributed by atoms with E-state index in [4.69, 9.17) is 0 Å². The minimum Gasteiger partial charge on any atom is -0.376 e. The second-order valence-electron chi connectivity index (χ2n) is 6.15. The SMILES string of the molecule is C[C@H](NC(=O)c1ccc2cncnc2c1)C(O)NC1CCCC1. The lowest BCUT2D eigenvalue weighted by atomic mass is 10.1. The first kappa shape index (κ1) is 15.8. The van der Waals surface area contributed by atoms with E-state index in [9.17, 15) is 9.90 Å². The molecule has 1 aromatic carbocycles. The number of aromatic nitrogens is 2. The van der Waals surface area contributed by atoms with Gasteiger partial charge in [-0.2, -0.15) is 0 Å². The summed E-state index contributed by atoms with van der Waals surface area (Å²) in [4.78, 5) is 20.5. The number of nitrogens with one attached hydrogen (secondary N) is 2. The summed E-state index contributed by atoms with van der Waals surface area (Å²) < 4.78 is 0. The number of carbonyl (C=O) groups is 1. The fourth-order valence-corrected chi connectivity index (χ4v) is 2.96. The Balaban J connectivity index is 1.62. The Bertz CT molecular complexity index is 685. The summed E-state index contributed by atoms with van der Waals surface area (Å²) in [6.07, 6.45) is 6.99. The highest BCUT2D eigenvalue weighted by molar-refractivity contribution is 5.97. The van der Waals surface area contributed by atoms with Gasteiger partial charge in [0, 0.05) is 23.2 Å². The smallest absolute Gasteiger partial charge is 0.251 e. The Morgan fingerprint density at radius 2 is 2.13 bits per heavy atom. The highest BCUT2D eigenvalue weighted by Crippen LogP contribution is 2.18. The molecule has 3 N–H and O–H groups in total. The van der Waals surface area contributed by atoms with E-state index in [-0.39, 0.29) is 11.9 Å². The largest absolute Gasteiger partial charge is 0.376 e. The minimum atomic E-state index is -0.746. The summed E-state index contributed by atoms with van der Waals surface area (Å²) in [5, 5.41) is 17.1. The lowest BCUT2D eigenvalue weighted by Gasteiger charge is -2.24. The van der Waals surface area contributed by atoms with Crippen LogP contribution < -0.4 is 10.6 Å². The van der Waals surface area contributed by atoms with E-state index in [0.29, 0.717) is 11.6 Å². The number of hydrogen-bond donors (Lipinski definition) is 3. The van der Waals surface area contributed by atoms with Gasteiger partial charge in [-0.15, -0.1) is 0 Å². The molecule has 122 valence electrons. The number of amides is 1. The van der Waals surface area contributed by atoms with Gasteiger partial charge < -0.3 is 10.4 Å². The number of rotatable bonds is 5. The first-order valence-corrected chi connectivity index (χ1v) is 8.08. The Morgan fingerprint density at radius 3 is 2.91 bits per heavy atom. The zero-order valence-corrected chi connectivity index (χ0v) is 13.2. The van der Waals surface area contributed by atoms with Crippen LogP contribution >= 0.6 is 0 Å². The molecule has 6 nitrogen and oxygen atoms in total. The summed E-state index contributed by atoms with van der Waals surface area (Å²) >= 11 is 0. The van der Waals surface area contributed by atoms with Gasteiger partial charge in [0.05, 0.1) is 11.6 Å². The van der Waals surface area contributed by atoms with Crippen LogP contribution in [0, 0.1) is 0 Å². The second-order valence-corrected chi connectivity index (χ2v) is 6.15. The van der Waals surface area contributed by atoms with E-state index >= 15 is 0 Å². The number of aliphatic hydroxyl groups is 1. The predicted octanol–water partition coefficient (Wildman–Crippen LogP) is 1.60. The Hall–Kier alpha value is -2.05. The summed E-state index contributed by atoms with van der Waals surface area (Å²) in [7, 11) is 0. The van der Waals surface area contributed by atoms with Crippen molar-refractivity contribution in [3.8, 4) is 0 Å². The van der Waals surface area contributed by atoms with Crippen molar-refractivity contribution in [1.82, 2.24) is 20.6 Å². The van der Waals surface area contributed by atoms with Crippen LogP contribution in [0.4, 0.5) is 0 Å². The zero-order chi connectivity index (χ0) is 16.2. The molecule has 0 spiro atoms. The number of benzene rings is 1. The van der Waals surface area contributed by atoms with Crippen molar-refractivity contribution in [3.05, 3.63) is 36.3 Å². The molecule has 2 atom stereocenters. The molecule has 1 unspecified atom stereocenters. The topological polar surface area (TPSA) is 87.1 Å². The van der Waals surface area contributed by atoms with Gasteiger partial charge in [-0.3, -0.25) is 10.1 Å². The van der Waals surface area contributed by atoms with Crippen molar-refractivity contribution < 1.29 is 9.90 Å². The number of nitrogens with zero attached hydrogens (tertiary/aromatic N) is 2. The van der Waals surface area contributed by atoms with Crippen molar-refractivity contribution in [2.45, 2.75) is 50.9 Å². The van der Waals surface area contributed by atoms with E-state index in [1.165, 1.54) is 19.2 Å². The van der Waals surface area contributed by atoms with Gasteiger partial charge in [-0.1, -0.05) is 18.9 Å². The maximum atomic E-state index is 12.3. The standard InChI is InChI=1S/C17H22N4O2/c1-11(16(22)21-14-4-2-3-5-14)20-17(23)12-6-7-13-9-18-10-19-15(13)8-12/h6-11,14,16,21-22H,2-5H2,1H3,(H,20,23)/t11-,16?/m0/s1. The monoisotopic (exact) mass is 314 g/mol. The molecule has 1 aliphatic rings. The summed E-state index contributed by atoms with van der Waals surface area (Å²) in [6, 6.07) is 5.27. The third kappa shape index (κ3) is 3.83. The molecule has 6 heteroatoms. The first-order valence-electron chi connectivity index (χ1n) is 8.08. The van der Waals surface area contributed by atoms with Crippen molar-refractivity contribution in [1.29, 1.82) is 0 Å². The van der Waals surface area contributed by atoms with Crippen molar-refractivity contribution in [3.63, 3.8) is 0 Å². The molecular weight excluding hydrogens is 292 g/mol. The van der Waals surface area contributed by atoms with E-state index in [1.807, 2.05) is 6.07 Å². The quantitative estimate of drug-likeness (QED) is 0.730.